The fraction of sp³-hybridized carbons (Fsp3) is 0.600. The van der Waals surface area contributed by atoms with Crippen LogP contribution in [0.5, 0.6) is 5.75 Å². The summed E-state index contributed by atoms with van der Waals surface area (Å²) in [6, 6.07) is 6.68. The van der Waals surface area contributed by atoms with Gasteiger partial charge in [-0.15, -0.1) is 0 Å². The van der Waals surface area contributed by atoms with E-state index in [2.05, 4.69) is 37.4 Å². The van der Waals surface area contributed by atoms with Crippen LogP contribution in [-0.4, -0.2) is 24.9 Å². The van der Waals surface area contributed by atoms with Gasteiger partial charge in [-0.05, 0) is 31.2 Å². The van der Waals surface area contributed by atoms with E-state index in [0.717, 1.165) is 31.7 Å². The molecule has 0 spiro atoms. The summed E-state index contributed by atoms with van der Waals surface area (Å²) in [4.78, 5) is 0. The van der Waals surface area contributed by atoms with Crippen molar-refractivity contribution in [3.63, 3.8) is 0 Å². The number of aliphatic hydroxyl groups is 1. The van der Waals surface area contributed by atoms with Crippen LogP contribution in [0.15, 0.2) is 18.2 Å². The van der Waals surface area contributed by atoms with Gasteiger partial charge in [-0.3, -0.25) is 0 Å². The first-order valence-electron chi connectivity index (χ1n) is 6.79. The average molecular weight is 249 g/mol. The van der Waals surface area contributed by atoms with Gasteiger partial charge < -0.3 is 15.2 Å². The molecule has 1 heterocycles. The second-order valence-corrected chi connectivity index (χ2v) is 5.23. The van der Waals surface area contributed by atoms with E-state index < -0.39 is 0 Å². The Morgan fingerprint density at radius 2 is 2.33 bits per heavy atom. The third-order valence-electron chi connectivity index (χ3n) is 3.53. The second-order valence-electron chi connectivity index (χ2n) is 5.23. The maximum atomic E-state index is 9.09. The van der Waals surface area contributed by atoms with Crippen LogP contribution in [0.2, 0.25) is 0 Å². The second kappa shape index (κ2) is 6.21. The number of hydrogen-bond donors (Lipinski definition) is 2. The van der Waals surface area contributed by atoms with Crippen LogP contribution in [0.4, 0.5) is 0 Å². The number of aryl methyl sites for hydroxylation is 1. The molecule has 0 bridgehead atoms. The van der Waals surface area contributed by atoms with Crippen molar-refractivity contribution in [2.24, 2.45) is 5.92 Å². The van der Waals surface area contributed by atoms with Gasteiger partial charge in [0, 0.05) is 24.8 Å². The molecule has 1 aromatic carbocycles. The molecule has 2 N–H and O–H groups in total. The third-order valence-corrected chi connectivity index (χ3v) is 3.53. The van der Waals surface area contributed by atoms with E-state index in [-0.39, 0.29) is 6.61 Å². The summed E-state index contributed by atoms with van der Waals surface area (Å²) in [6.07, 6.45) is 2.16. The van der Waals surface area contributed by atoms with Gasteiger partial charge in [0.15, 0.2) is 0 Å². The average Bonchev–Trinajstić information content (AvgIpc) is 2.59. The minimum absolute atomic E-state index is 0.233. The van der Waals surface area contributed by atoms with E-state index in [9.17, 15) is 0 Å². The maximum absolute atomic E-state index is 9.09. The smallest absolute Gasteiger partial charge is 0.126 e. The van der Waals surface area contributed by atoms with E-state index >= 15 is 0 Å². The lowest BCUT2D eigenvalue weighted by atomic mass is 9.99. The van der Waals surface area contributed by atoms with Crippen LogP contribution in [-0.2, 0) is 0 Å². The van der Waals surface area contributed by atoms with E-state index in [0.29, 0.717) is 12.0 Å². The number of hydrogen-bond acceptors (Lipinski definition) is 3. The van der Waals surface area contributed by atoms with Gasteiger partial charge in [-0.1, -0.05) is 25.1 Å². The molecule has 0 fully saturated rings. The summed E-state index contributed by atoms with van der Waals surface area (Å²) in [5.41, 5.74) is 2.47. The van der Waals surface area contributed by atoms with Gasteiger partial charge >= 0.3 is 0 Å². The largest absolute Gasteiger partial charge is 0.493 e. The number of fused-ring (bicyclic) bond motifs is 1. The normalized spacial score (nSPS) is 20.7. The monoisotopic (exact) mass is 249 g/mol. The zero-order chi connectivity index (χ0) is 13.0. The molecule has 0 aliphatic carbocycles. The SMILES string of the molecule is Cc1cccc2c1OCCCC2NCC(C)CO. The van der Waals surface area contributed by atoms with Crippen LogP contribution < -0.4 is 10.1 Å². The Morgan fingerprint density at radius 1 is 1.50 bits per heavy atom. The molecule has 0 aromatic heterocycles. The summed E-state index contributed by atoms with van der Waals surface area (Å²) < 4.78 is 5.85. The number of nitrogens with one attached hydrogen (secondary N) is 1. The summed E-state index contributed by atoms with van der Waals surface area (Å²) in [7, 11) is 0. The van der Waals surface area contributed by atoms with Crippen LogP contribution >= 0.6 is 0 Å². The summed E-state index contributed by atoms with van der Waals surface area (Å²) in [5, 5.41) is 12.7. The van der Waals surface area contributed by atoms with Crippen molar-refractivity contribution < 1.29 is 9.84 Å². The third kappa shape index (κ3) is 3.03. The lowest BCUT2D eigenvalue weighted by Gasteiger charge is -2.21. The molecule has 1 aliphatic rings. The molecule has 100 valence electrons. The lowest BCUT2D eigenvalue weighted by Crippen LogP contribution is -2.27. The van der Waals surface area contributed by atoms with Gasteiger partial charge in [0.1, 0.15) is 5.75 Å². The highest BCUT2D eigenvalue weighted by molar-refractivity contribution is 5.43. The zero-order valence-electron chi connectivity index (χ0n) is 11.3. The number of para-hydroxylation sites is 1. The molecule has 2 atom stereocenters. The van der Waals surface area contributed by atoms with Crippen molar-refractivity contribution >= 4 is 0 Å². The quantitative estimate of drug-likeness (QED) is 0.861. The van der Waals surface area contributed by atoms with Gasteiger partial charge in [0.2, 0.25) is 0 Å². The van der Waals surface area contributed by atoms with Crippen molar-refractivity contribution in [3.05, 3.63) is 29.3 Å². The Bertz CT molecular complexity index is 392. The number of rotatable bonds is 4. The molecule has 0 saturated carbocycles. The van der Waals surface area contributed by atoms with Crippen molar-refractivity contribution in [2.45, 2.75) is 32.7 Å². The number of aliphatic hydroxyl groups excluding tert-OH is 1. The highest BCUT2D eigenvalue weighted by Crippen LogP contribution is 2.33. The molecular weight excluding hydrogens is 226 g/mol. The van der Waals surface area contributed by atoms with Crippen LogP contribution in [0.25, 0.3) is 0 Å². The Balaban J connectivity index is 2.14. The lowest BCUT2D eigenvalue weighted by molar-refractivity contribution is 0.229. The van der Waals surface area contributed by atoms with Gasteiger partial charge in [0.25, 0.3) is 0 Å². The molecule has 1 aromatic rings. The number of ether oxygens (including phenoxy) is 1. The van der Waals surface area contributed by atoms with Gasteiger partial charge in [-0.2, -0.15) is 0 Å². The first-order valence-corrected chi connectivity index (χ1v) is 6.79. The van der Waals surface area contributed by atoms with Crippen molar-refractivity contribution in [1.82, 2.24) is 5.32 Å². The molecule has 1 aliphatic heterocycles. The van der Waals surface area contributed by atoms with E-state index in [4.69, 9.17) is 9.84 Å². The van der Waals surface area contributed by atoms with Crippen LogP contribution in [0, 0.1) is 12.8 Å². The first kappa shape index (κ1) is 13.4. The predicted octanol–water partition coefficient (Wildman–Crippen LogP) is 2.43. The van der Waals surface area contributed by atoms with E-state index in [1.54, 1.807) is 0 Å². The van der Waals surface area contributed by atoms with Crippen LogP contribution in [0.1, 0.15) is 36.9 Å². The minimum Gasteiger partial charge on any atom is -0.493 e. The Hall–Kier alpha value is -1.06. The summed E-state index contributed by atoms with van der Waals surface area (Å²) >= 11 is 0. The molecule has 0 saturated heterocycles. The Morgan fingerprint density at radius 3 is 3.11 bits per heavy atom. The van der Waals surface area contributed by atoms with Gasteiger partial charge in [0.05, 0.1) is 6.61 Å². The van der Waals surface area contributed by atoms with Crippen molar-refractivity contribution in [2.75, 3.05) is 19.8 Å². The highest BCUT2D eigenvalue weighted by Gasteiger charge is 2.20. The topological polar surface area (TPSA) is 41.5 Å². The predicted molar refractivity (Wildman–Crippen MR) is 72.9 cm³/mol. The number of benzene rings is 1. The molecule has 2 unspecified atom stereocenters. The fourth-order valence-corrected chi connectivity index (χ4v) is 2.38. The highest BCUT2D eigenvalue weighted by atomic mass is 16.5. The Kier molecular flexibility index (Phi) is 4.61. The molecule has 2 rings (SSSR count). The summed E-state index contributed by atoms with van der Waals surface area (Å²) in [5.74, 6) is 1.34. The Labute approximate surface area is 109 Å². The molecular formula is C15H23NO2. The van der Waals surface area contributed by atoms with Crippen molar-refractivity contribution in [1.29, 1.82) is 0 Å². The van der Waals surface area contributed by atoms with E-state index in [1.165, 1.54) is 11.1 Å². The molecule has 0 amide bonds. The fourth-order valence-electron chi connectivity index (χ4n) is 2.38. The molecule has 18 heavy (non-hydrogen) atoms. The molecule has 3 nitrogen and oxygen atoms in total. The molecule has 0 radical (unpaired) electrons. The standard InChI is InChI=1S/C15H23NO2/c1-11(10-17)9-16-14-7-4-8-18-15-12(2)5-3-6-13(14)15/h3,5-6,11,14,16-17H,4,7-10H2,1-2H3. The van der Waals surface area contributed by atoms with Crippen molar-refractivity contribution in [3.8, 4) is 5.75 Å². The zero-order valence-corrected chi connectivity index (χ0v) is 11.3. The summed E-state index contributed by atoms with van der Waals surface area (Å²) in [6.45, 7) is 6.02. The first-order chi connectivity index (χ1) is 8.72. The molecule has 3 heteroatoms. The van der Waals surface area contributed by atoms with E-state index in [1.807, 2.05) is 0 Å². The maximum Gasteiger partial charge on any atom is 0.126 e. The van der Waals surface area contributed by atoms with Gasteiger partial charge in [-0.25, -0.2) is 0 Å². The van der Waals surface area contributed by atoms with Crippen LogP contribution in [0.3, 0.4) is 0 Å². The minimum atomic E-state index is 0.233.